The van der Waals surface area contributed by atoms with Crippen LogP contribution in [0.3, 0.4) is 0 Å². The molecule has 0 N–H and O–H groups in total. The molecule has 0 fully saturated rings. The van der Waals surface area contributed by atoms with Crippen LogP contribution in [-0.2, 0) is 0 Å². The lowest BCUT2D eigenvalue weighted by Gasteiger charge is -2.03. The van der Waals surface area contributed by atoms with Gasteiger partial charge in [0.2, 0.25) is 0 Å². The molecule has 2 aliphatic carbocycles. The van der Waals surface area contributed by atoms with Gasteiger partial charge in [-0.25, -0.2) is 0 Å². The van der Waals surface area contributed by atoms with Crippen molar-refractivity contribution in [2.45, 2.75) is 6.92 Å². The van der Waals surface area contributed by atoms with Gasteiger partial charge in [0.15, 0.2) is 0 Å². The van der Waals surface area contributed by atoms with Gasteiger partial charge in [-0.2, -0.15) is 0 Å². The highest BCUT2D eigenvalue weighted by molar-refractivity contribution is 5.76. The molecule has 0 bridgehead atoms. The molecular weight excluding hydrogens is 160 g/mol. The summed E-state index contributed by atoms with van der Waals surface area (Å²) in [5, 5.41) is 0. The zero-order valence-electron chi connectivity index (χ0n) is 7.87. The summed E-state index contributed by atoms with van der Waals surface area (Å²) in [7, 11) is 1.71. The molecule has 0 saturated heterocycles. The second-order valence-corrected chi connectivity index (χ2v) is 3.13. The van der Waals surface area contributed by atoms with Crippen molar-refractivity contribution in [3.63, 3.8) is 0 Å². The molecule has 2 aliphatic rings. The highest BCUT2D eigenvalue weighted by Crippen LogP contribution is 2.34. The Balaban J connectivity index is 2.75. The number of hydrogen-bond acceptors (Lipinski definition) is 1. The molecule has 1 heteroatoms. The van der Waals surface area contributed by atoms with E-state index in [4.69, 9.17) is 4.74 Å². The van der Waals surface area contributed by atoms with Crippen LogP contribution in [0.4, 0.5) is 0 Å². The molecule has 0 saturated carbocycles. The third kappa shape index (κ3) is 1.26. The van der Waals surface area contributed by atoms with Crippen LogP contribution in [0.5, 0.6) is 5.75 Å². The van der Waals surface area contributed by atoms with Crippen molar-refractivity contribution in [1.29, 1.82) is 0 Å². The summed E-state index contributed by atoms with van der Waals surface area (Å²) < 4.78 is 5.33. The van der Waals surface area contributed by atoms with Gasteiger partial charge in [0.1, 0.15) is 5.75 Å². The van der Waals surface area contributed by atoms with Crippen molar-refractivity contribution in [3.8, 4) is 16.9 Å². The maximum Gasteiger partial charge on any atom is 0.126 e. The van der Waals surface area contributed by atoms with E-state index in [0.29, 0.717) is 0 Å². The van der Waals surface area contributed by atoms with Crippen LogP contribution < -0.4 is 4.74 Å². The molecule has 66 valence electrons. The summed E-state index contributed by atoms with van der Waals surface area (Å²) in [5.41, 5.74) is 3.72. The number of hydrogen-bond donors (Lipinski definition) is 0. The monoisotopic (exact) mass is 172 g/mol. The molecule has 0 radical (unpaired) electrons. The molecule has 0 spiro atoms. The zero-order valence-corrected chi connectivity index (χ0v) is 7.87. The van der Waals surface area contributed by atoms with Gasteiger partial charge in [-0.05, 0) is 24.1 Å². The average molecular weight is 172 g/mol. The average Bonchev–Trinajstić information content (AvgIpc) is 2.39. The molecule has 2 rings (SSSR count). The molecule has 0 atom stereocenters. The van der Waals surface area contributed by atoms with Crippen LogP contribution in [0.25, 0.3) is 11.1 Å². The van der Waals surface area contributed by atoms with Crippen LogP contribution in [0, 0.1) is 6.92 Å². The van der Waals surface area contributed by atoms with Crippen LogP contribution in [0.1, 0.15) is 5.56 Å². The summed E-state index contributed by atoms with van der Waals surface area (Å²) in [6.45, 7) is 2.10. The van der Waals surface area contributed by atoms with E-state index < -0.39 is 0 Å². The Morgan fingerprint density at radius 2 is 1.77 bits per heavy atom. The maximum atomic E-state index is 5.33. The molecule has 0 heterocycles. The van der Waals surface area contributed by atoms with E-state index in [9.17, 15) is 0 Å². The maximum absolute atomic E-state index is 5.33. The summed E-state index contributed by atoms with van der Waals surface area (Å²) in [6, 6.07) is 12.4. The van der Waals surface area contributed by atoms with Crippen molar-refractivity contribution in [2.24, 2.45) is 0 Å². The minimum absolute atomic E-state index is 0.947. The molecule has 1 nitrogen and oxygen atoms in total. The van der Waals surface area contributed by atoms with Crippen molar-refractivity contribution >= 4 is 0 Å². The highest BCUT2D eigenvalue weighted by Gasteiger charge is 2.09. The first-order chi connectivity index (χ1) is 6.33. The largest absolute Gasteiger partial charge is 0.496 e. The first kappa shape index (κ1) is 8.11. The first-order valence-electron chi connectivity index (χ1n) is 4.35. The number of aryl methyl sites for hydroxylation is 1. The van der Waals surface area contributed by atoms with E-state index in [1.54, 1.807) is 7.11 Å². The van der Waals surface area contributed by atoms with Crippen LogP contribution in [0.15, 0.2) is 36.4 Å². The Bertz CT molecular complexity index is 393. The Morgan fingerprint density at radius 1 is 1.00 bits per heavy atom. The summed E-state index contributed by atoms with van der Waals surface area (Å²) in [4.78, 5) is 0. The molecule has 0 unspecified atom stereocenters. The van der Waals surface area contributed by atoms with Gasteiger partial charge in [0.25, 0.3) is 0 Å². The van der Waals surface area contributed by atoms with E-state index >= 15 is 0 Å². The number of ether oxygens (including phenoxy) is 1. The van der Waals surface area contributed by atoms with Gasteiger partial charge in [0.05, 0.1) is 7.11 Å². The molecule has 0 aromatic heterocycles. The standard InChI is InChI=1S/C12H12O/c1-9-7-8-10-5-3-4-6-11(13-2)12(9)10/h3-8H,1-2H3. The zero-order chi connectivity index (χ0) is 9.26. The number of fused-ring (bicyclic) bond motifs is 1. The van der Waals surface area contributed by atoms with Crippen molar-refractivity contribution in [1.82, 2.24) is 0 Å². The van der Waals surface area contributed by atoms with Crippen molar-refractivity contribution in [2.75, 3.05) is 7.11 Å². The van der Waals surface area contributed by atoms with E-state index in [1.165, 1.54) is 16.7 Å². The van der Waals surface area contributed by atoms with Gasteiger partial charge >= 0.3 is 0 Å². The lowest BCUT2D eigenvalue weighted by atomic mass is 10.1. The van der Waals surface area contributed by atoms with Gasteiger partial charge < -0.3 is 4.74 Å². The van der Waals surface area contributed by atoms with Crippen molar-refractivity contribution < 1.29 is 4.74 Å². The van der Waals surface area contributed by atoms with Gasteiger partial charge in [-0.15, -0.1) is 0 Å². The minimum atomic E-state index is 0.947. The van der Waals surface area contributed by atoms with Crippen LogP contribution >= 0.6 is 0 Å². The molecular formula is C12H12O. The van der Waals surface area contributed by atoms with E-state index in [2.05, 4.69) is 25.1 Å². The van der Waals surface area contributed by atoms with Crippen LogP contribution in [-0.4, -0.2) is 7.11 Å². The highest BCUT2D eigenvalue weighted by atomic mass is 16.5. The predicted octanol–water partition coefficient (Wildman–Crippen LogP) is 3.11. The smallest absolute Gasteiger partial charge is 0.126 e. The fourth-order valence-electron chi connectivity index (χ4n) is 1.64. The fraction of sp³-hybridized carbons (Fsp3) is 0.167. The lowest BCUT2D eigenvalue weighted by molar-refractivity contribution is 0.417. The van der Waals surface area contributed by atoms with Gasteiger partial charge in [-0.1, -0.05) is 30.3 Å². The predicted molar refractivity (Wildman–Crippen MR) is 54.4 cm³/mol. The molecule has 0 aliphatic heterocycles. The number of rotatable bonds is 1. The lowest BCUT2D eigenvalue weighted by Crippen LogP contribution is -1.84. The quantitative estimate of drug-likeness (QED) is 0.642. The van der Waals surface area contributed by atoms with Gasteiger partial charge in [0, 0.05) is 5.56 Å². The second kappa shape index (κ2) is 3.09. The van der Waals surface area contributed by atoms with E-state index in [-0.39, 0.29) is 0 Å². The summed E-state index contributed by atoms with van der Waals surface area (Å²) >= 11 is 0. The van der Waals surface area contributed by atoms with E-state index in [1.807, 2.05) is 18.2 Å². The first-order valence-corrected chi connectivity index (χ1v) is 4.35. The van der Waals surface area contributed by atoms with Crippen LogP contribution in [0.2, 0.25) is 0 Å². The second-order valence-electron chi connectivity index (χ2n) is 3.13. The van der Waals surface area contributed by atoms with Crippen molar-refractivity contribution in [3.05, 3.63) is 42.0 Å². The molecule has 0 aromatic carbocycles. The van der Waals surface area contributed by atoms with Gasteiger partial charge in [-0.3, -0.25) is 0 Å². The summed E-state index contributed by atoms with van der Waals surface area (Å²) in [6.07, 6.45) is 0. The normalized spacial score (nSPS) is 10.3. The minimum Gasteiger partial charge on any atom is -0.496 e. The molecule has 0 amide bonds. The number of methoxy groups -OCH3 is 1. The van der Waals surface area contributed by atoms with E-state index in [0.717, 1.165) is 5.75 Å². The Labute approximate surface area is 78.3 Å². The third-order valence-electron chi connectivity index (χ3n) is 2.30. The molecule has 13 heavy (non-hydrogen) atoms. The summed E-state index contributed by atoms with van der Waals surface area (Å²) in [5.74, 6) is 0.947. The Kier molecular flexibility index (Phi) is 1.93. The Morgan fingerprint density at radius 3 is 2.54 bits per heavy atom. The fourth-order valence-corrected chi connectivity index (χ4v) is 1.64. The SMILES string of the molecule is COc1ccccc2ccc(C)c1-2. The topological polar surface area (TPSA) is 9.23 Å². The third-order valence-corrected chi connectivity index (χ3v) is 2.30. The molecule has 0 aromatic rings. The Hall–Kier alpha value is -1.50.